The Morgan fingerprint density at radius 2 is 2.28 bits per heavy atom. The van der Waals surface area contributed by atoms with Crippen molar-refractivity contribution < 1.29 is 9.18 Å². The van der Waals surface area contributed by atoms with Gasteiger partial charge in [-0.15, -0.1) is 0 Å². The number of carbonyl (C=O) groups is 1. The second-order valence-corrected chi connectivity index (χ2v) is 4.32. The molecule has 3 N–H and O–H groups in total. The molecular weight excluding hydrogens is 231 g/mol. The van der Waals surface area contributed by atoms with Crippen LogP contribution >= 0.6 is 0 Å². The summed E-state index contributed by atoms with van der Waals surface area (Å²) in [5, 5.41) is 2.61. The number of anilines is 1. The van der Waals surface area contributed by atoms with Gasteiger partial charge in [-0.25, -0.2) is 4.39 Å². The van der Waals surface area contributed by atoms with Gasteiger partial charge in [0, 0.05) is 11.5 Å². The van der Waals surface area contributed by atoms with Crippen molar-refractivity contribution in [2.45, 2.75) is 19.3 Å². The number of hydrogen-bond donors (Lipinski definition) is 2. The molecule has 1 aliphatic carbocycles. The molecule has 1 amide bonds. The molecular formula is C14H15FN2O. The highest BCUT2D eigenvalue weighted by Gasteiger charge is 2.25. The largest absolute Gasteiger partial charge is 0.323 e. The van der Waals surface area contributed by atoms with Gasteiger partial charge in [-0.05, 0) is 31.0 Å². The van der Waals surface area contributed by atoms with E-state index < -0.39 is 5.82 Å². The van der Waals surface area contributed by atoms with Gasteiger partial charge in [0.2, 0.25) is 5.91 Å². The van der Waals surface area contributed by atoms with Gasteiger partial charge in [-0.1, -0.05) is 18.3 Å². The first-order chi connectivity index (χ1) is 8.70. The lowest BCUT2D eigenvalue weighted by Gasteiger charge is -2.24. The first-order valence-electron chi connectivity index (χ1n) is 6.00. The zero-order valence-corrected chi connectivity index (χ0v) is 10.0. The molecule has 1 aromatic carbocycles. The standard InChI is InChI=1S/C14H15FN2O/c15-12-9-10(3-2-8-16)6-7-13(12)17-14(18)11-4-1-5-11/h6-7,9,11H,1,4-5,8,16H2,(H,17,18). The fourth-order valence-electron chi connectivity index (χ4n) is 1.75. The number of amides is 1. The summed E-state index contributed by atoms with van der Waals surface area (Å²) >= 11 is 0. The minimum absolute atomic E-state index is 0.0427. The van der Waals surface area contributed by atoms with E-state index in [0.29, 0.717) is 5.56 Å². The maximum atomic E-state index is 13.7. The topological polar surface area (TPSA) is 55.1 Å². The molecule has 0 radical (unpaired) electrons. The molecule has 1 aliphatic rings. The average Bonchev–Trinajstić information content (AvgIpc) is 2.27. The molecule has 18 heavy (non-hydrogen) atoms. The van der Waals surface area contributed by atoms with Crippen molar-refractivity contribution in [2.24, 2.45) is 11.7 Å². The van der Waals surface area contributed by atoms with E-state index >= 15 is 0 Å². The van der Waals surface area contributed by atoms with E-state index in [1.54, 1.807) is 6.07 Å². The Balaban J connectivity index is 2.07. The van der Waals surface area contributed by atoms with Crippen LogP contribution in [0.25, 0.3) is 0 Å². The molecule has 1 aromatic rings. The Morgan fingerprint density at radius 1 is 1.50 bits per heavy atom. The van der Waals surface area contributed by atoms with Crippen LogP contribution in [0.2, 0.25) is 0 Å². The van der Waals surface area contributed by atoms with Gasteiger partial charge in [0.25, 0.3) is 0 Å². The highest BCUT2D eigenvalue weighted by molar-refractivity contribution is 5.93. The first kappa shape index (κ1) is 12.6. The number of hydrogen-bond acceptors (Lipinski definition) is 2. The molecule has 4 heteroatoms. The smallest absolute Gasteiger partial charge is 0.227 e. The Morgan fingerprint density at radius 3 is 2.83 bits per heavy atom. The van der Waals surface area contributed by atoms with Crippen LogP contribution in [-0.4, -0.2) is 12.5 Å². The monoisotopic (exact) mass is 246 g/mol. The summed E-state index contributed by atoms with van der Waals surface area (Å²) in [4.78, 5) is 11.7. The van der Waals surface area contributed by atoms with Crippen LogP contribution in [-0.2, 0) is 4.79 Å². The Bertz CT molecular complexity index is 512. The van der Waals surface area contributed by atoms with Crippen LogP contribution in [0.3, 0.4) is 0 Å². The van der Waals surface area contributed by atoms with Gasteiger partial charge in [-0.3, -0.25) is 4.79 Å². The van der Waals surface area contributed by atoms with Gasteiger partial charge in [0.15, 0.2) is 0 Å². The molecule has 0 aromatic heterocycles. The summed E-state index contributed by atoms with van der Waals surface area (Å²) in [6.45, 7) is 0.238. The lowest BCUT2D eigenvalue weighted by Crippen LogP contribution is -2.28. The first-order valence-corrected chi connectivity index (χ1v) is 6.00. The van der Waals surface area contributed by atoms with E-state index in [-0.39, 0.29) is 24.1 Å². The van der Waals surface area contributed by atoms with Crippen molar-refractivity contribution in [2.75, 3.05) is 11.9 Å². The zero-order valence-electron chi connectivity index (χ0n) is 10.0. The third-order valence-electron chi connectivity index (χ3n) is 3.04. The summed E-state index contributed by atoms with van der Waals surface area (Å²) in [5.41, 5.74) is 6.01. The fourth-order valence-corrected chi connectivity index (χ4v) is 1.75. The van der Waals surface area contributed by atoms with Crippen LogP contribution in [0, 0.1) is 23.6 Å². The number of rotatable bonds is 2. The van der Waals surface area contributed by atoms with Crippen molar-refractivity contribution in [3.05, 3.63) is 29.6 Å². The van der Waals surface area contributed by atoms with Crippen molar-refractivity contribution >= 4 is 11.6 Å². The molecule has 2 rings (SSSR count). The highest BCUT2D eigenvalue weighted by Crippen LogP contribution is 2.28. The van der Waals surface area contributed by atoms with Crippen molar-refractivity contribution in [3.8, 4) is 11.8 Å². The minimum atomic E-state index is -0.466. The molecule has 1 saturated carbocycles. The van der Waals surface area contributed by atoms with Crippen molar-refractivity contribution in [1.82, 2.24) is 0 Å². The molecule has 0 bridgehead atoms. The highest BCUT2D eigenvalue weighted by atomic mass is 19.1. The van der Waals surface area contributed by atoms with Gasteiger partial charge in [0.05, 0.1) is 12.2 Å². The summed E-state index contributed by atoms with van der Waals surface area (Å²) in [5.74, 6) is 4.88. The third kappa shape index (κ3) is 2.88. The van der Waals surface area contributed by atoms with Crippen LogP contribution in [0.4, 0.5) is 10.1 Å². The minimum Gasteiger partial charge on any atom is -0.323 e. The summed E-state index contributed by atoms with van der Waals surface area (Å²) in [6, 6.07) is 4.51. The second kappa shape index (κ2) is 5.65. The van der Waals surface area contributed by atoms with Gasteiger partial charge in [0.1, 0.15) is 5.82 Å². The van der Waals surface area contributed by atoms with Crippen LogP contribution in [0.15, 0.2) is 18.2 Å². The van der Waals surface area contributed by atoms with Crippen molar-refractivity contribution in [3.63, 3.8) is 0 Å². The van der Waals surface area contributed by atoms with E-state index in [9.17, 15) is 9.18 Å². The van der Waals surface area contributed by atoms with E-state index in [2.05, 4.69) is 17.2 Å². The number of nitrogens with one attached hydrogen (secondary N) is 1. The van der Waals surface area contributed by atoms with E-state index in [4.69, 9.17) is 5.73 Å². The summed E-state index contributed by atoms with van der Waals surface area (Å²) in [6.07, 6.45) is 2.87. The molecule has 0 atom stereocenters. The lowest BCUT2D eigenvalue weighted by atomic mass is 9.85. The number of nitrogens with two attached hydrogens (primary N) is 1. The molecule has 0 spiro atoms. The van der Waals surface area contributed by atoms with Crippen LogP contribution in [0.1, 0.15) is 24.8 Å². The predicted molar refractivity (Wildman–Crippen MR) is 68.3 cm³/mol. The summed E-state index contributed by atoms with van der Waals surface area (Å²) < 4.78 is 13.7. The predicted octanol–water partition coefficient (Wildman–Crippen LogP) is 1.87. The summed E-state index contributed by atoms with van der Waals surface area (Å²) in [7, 11) is 0. The molecule has 1 fully saturated rings. The molecule has 0 aliphatic heterocycles. The zero-order chi connectivity index (χ0) is 13.0. The average molecular weight is 246 g/mol. The third-order valence-corrected chi connectivity index (χ3v) is 3.04. The second-order valence-electron chi connectivity index (χ2n) is 4.32. The maximum absolute atomic E-state index is 13.7. The SMILES string of the molecule is NCC#Cc1ccc(NC(=O)C2CCC2)c(F)c1. The lowest BCUT2D eigenvalue weighted by molar-refractivity contribution is -0.122. The molecule has 0 heterocycles. The number of carbonyl (C=O) groups excluding carboxylic acids is 1. The Hall–Kier alpha value is -1.86. The van der Waals surface area contributed by atoms with Crippen LogP contribution < -0.4 is 11.1 Å². The van der Waals surface area contributed by atoms with Gasteiger partial charge < -0.3 is 11.1 Å². The Kier molecular flexibility index (Phi) is 3.96. The normalized spacial score (nSPS) is 14.3. The van der Waals surface area contributed by atoms with Gasteiger partial charge in [-0.2, -0.15) is 0 Å². The van der Waals surface area contributed by atoms with Gasteiger partial charge >= 0.3 is 0 Å². The number of halogens is 1. The van der Waals surface area contributed by atoms with E-state index in [0.717, 1.165) is 19.3 Å². The molecule has 0 unspecified atom stereocenters. The quantitative estimate of drug-likeness (QED) is 0.783. The number of benzene rings is 1. The van der Waals surface area contributed by atoms with Crippen LogP contribution in [0.5, 0.6) is 0 Å². The molecule has 94 valence electrons. The van der Waals surface area contributed by atoms with E-state index in [1.807, 2.05) is 0 Å². The maximum Gasteiger partial charge on any atom is 0.227 e. The Labute approximate surface area is 106 Å². The molecule has 0 saturated heterocycles. The van der Waals surface area contributed by atoms with E-state index in [1.165, 1.54) is 12.1 Å². The molecule has 3 nitrogen and oxygen atoms in total. The van der Waals surface area contributed by atoms with Crippen molar-refractivity contribution in [1.29, 1.82) is 0 Å². The fraction of sp³-hybridized carbons (Fsp3) is 0.357.